The highest BCUT2D eigenvalue weighted by Crippen LogP contribution is 2.33. The van der Waals surface area contributed by atoms with E-state index in [2.05, 4.69) is 43.4 Å². The fourth-order valence-electron chi connectivity index (χ4n) is 3.98. The summed E-state index contributed by atoms with van der Waals surface area (Å²) in [5, 5.41) is 9.90. The number of hydrogen-bond acceptors (Lipinski definition) is 5. The van der Waals surface area contributed by atoms with Crippen LogP contribution in [0.5, 0.6) is 5.75 Å². The van der Waals surface area contributed by atoms with Crippen molar-refractivity contribution in [1.29, 1.82) is 0 Å². The van der Waals surface area contributed by atoms with Crippen molar-refractivity contribution in [2.24, 2.45) is 10.1 Å². The van der Waals surface area contributed by atoms with Gasteiger partial charge in [0, 0.05) is 29.1 Å². The van der Waals surface area contributed by atoms with Gasteiger partial charge >= 0.3 is 0 Å². The molecule has 1 N–H and O–H groups in total. The number of carbonyl (C=O) groups excluding carboxylic acids is 1. The Kier molecular flexibility index (Phi) is 6.59. The molecule has 6 nitrogen and oxygen atoms in total. The summed E-state index contributed by atoms with van der Waals surface area (Å²) in [6.45, 7) is 4.14. The molecule has 0 fully saturated rings. The molecule has 0 saturated carbocycles. The summed E-state index contributed by atoms with van der Waals surface area (Å²) in [6, 6.07) is 26.6. The molecule has 1 aliphatic rings. The number of nitrogens with one attached hydrogen (secondary N) is 1. The molecule has 1 amide bonds. The zero-order valence-corrected chi connectivity index (χ0v) is 20.4. The summed E-state index contributed by atoms with van der Waals surface area (Å²) in [5.74, 6) is 0.495. The molecule has 0 spiro atoms. The molecular formula is C28H26N4O2S. The second kappa shape index (κ2) is 10.1. The lowest BCUT2D eigenvalue weighted by Crippen LogP contribution is -2.25. The van der Waals surface area contributed by atoms with Crippen LogP contribution in [0.2, 0.25) is 0 Å². The normalized spacial score (nSPS) is 13.8. The van der Waals surface area contributed by atoms with E-state index in [4.69, 9.17) is 14.8 Å². The van der Waals surface area contributed by atoms with E-state index in [0.717, 1.165) is 27.2 Å². The SMILES string of the molecule is CC(C)N=c1scc(-c2ccc3c(c2)NC(=O)CO3)n1N=CC(c1ccccc1)c1ccccc1. The number of nitrogens with zero attached hydrogens (tertiary/aromatic N) is 3. The number of carbonyl (C=O) groups is 1. The number of anilines is 1. The summed E-state index contributed by atoms with van der Waals surface area (Å²) < 4.78 is 7.41. The number of ether oxygens (including phenoxy) is 1. The van der Waals surface area contributed by atoms with Gasteiger partial charge in [-0.05, 0) is 43.2 Å². The van der Waals surface area contributed by atoms with Gasteiger partial charge in [0.15, 0.2) is 6.61 Å². The van der Waals surface area contributed by atoms with Crippen LogP contribution < -0.4 is 14.9 Å². The maximum atomic E-state index is 11.8. The molecule has 4 aromatic rings. The molecule has 0 radical (unpaired) electrons. The van der Waals surface area contributed by atoms with Gasteiger partial charge < -0.3 is 10.1 Å². The van der Waals surface area contributed by atoms with Gasteiger partial charge in [-0.3, -0.25) is 9.79 Å². The zero-order valence-electron chi connectivity index (χ0n) is 19.6. The number of benzene rings is 3. The zero-order chi connectivity index (χ0) is 24.2. The molecule has 2 heterocycles. The third-order valence-corrected chi connectivity index (χ3v) is 6.44. The number of hydrogen-bond donors (Lipinski definition) is 1. The van der Waals surface area contributed by atoms with Gasteiger partial charge in [0.05, 0.1) is 11.4 Å². The standard InChI is InChI=1S/C28H26N4O2S/c1-19(2)30-28-32(25(18-35-28)22-13-14-26-24(15-22)31-27(33)17-34-26)29-16-23(20-9-5-3-6-10-20)21-11-7-4-8-12-21/h3-16,18-19,23H,17H2,1-2H3,(H,31,33). The number of aromatic nitrogens is 1. The molecule has 5 rings (SSSR count). The van der Waals surface area contributed by atoms with Crippen molar-refractivity contribution in [2.45, 2.75) is 25.8 Å². The van der Waals surface area contributed by atoms with Gasteiger partial charge in [-0.15, -0.1) is 11.3 Å². The highest BCUT2D eigenvalue weighted by molar-refractivity contribution is 7.07. The summed E-state index contributed by atoms with van der Waals surface area (Å²) >= 11 is 1.54. The maximum absolute atomic E-state index is 11.8. The average molecular weight is 483 g/mol. The van der Waals surface area contributed by atoms with E-state index >= 15 is 0 Å². The van der Waals surface area contributed by atoms with Crippen molar-refractivity contribution in [3.05, 3.63) is 100 Å². The molecule has 3 aromatic carbocycles. The number of fused-ring (bicyclic) bond motifs is 1. The van der Waals surface area contributed by atoms with Crippen LogP contribution in [0.15, 0.2) is 94.3 Å². The van der Waals surface area contributed by atoms with Crippen LogP contribution in [0.1, 0.15) is 30.9 Å². The fourth-order valence-corrected chi connectivity index (χ4v) is 4.95. The summed E-state index contributed by atoms with van der Waals surface area (Å²) in [7, 11) is 0. The van der Waals surface area contributed by atoms with Gasteiger partial charge in [-0.25, -0.2) is 4.68 Å². The van der Waals surface area contributed by atoms with E-state index in [1.807, 2.05) is 70.9 Å². The highest BCUT2D eigenvalue weighted by atomic mass is 32.1. The first-order chi connectivity index (χ1) is 17.1. The Morgan fingerprint density at radius 3 is 2.34 bits per heavy atom. The van der Waals surface area contributed by atoms with Crippen molar-refractivity contribution in [3.8, 4) is 17.0 Å². The summed E-state index contributed by atoms with van der Waals surface area (Å²) in [6.07, 6.45) is 1.98. The molecule has 1 aliphatic heterocycles. The second-order valence-electron chi connectivity index (χ2n) is 8.55. The van der Waals surface area contributed by atoms with E-state index in [-0.39, 0.29) is 24.5 Å². The minimum atomic E-state index is -0.157. The average Bonchev–Trinajstić information content (AvgIpc) is 3.26. The van der Waals surface area contributed by atoms with Crippen LogP contribution in [0.25, 0.3) is 11.3 Å². The van der Waals surface area contributed by atoms with Crippen LogP contribution in [-0.4, -0.2) is 29.4 Å². The molecule has 0 atom stereocenters. The minimum absolute atomic E-state index is 0.0132. The molecule has 7 heteroatoms. The molecule has 1 aromatic heterocycles. The van der Waals surface area contributed by atoms with Gasteiger partial charge in [0.25, 0.3) is 5.91 Å². The van der Waals surface area contributed by atoms with E-state index in [1.165, 1.54) is 0 Å². The second-order valence-corrected chi connectivity index (χ2v) is 9.39. The quantitative estimate of drug-likeness (QED) is 0.368. The first-order valence-electron chi connectivity index (χ1n) is 11.5. The lowest BCUT2D eigenvalue weighted by atomic mass is 9.92. The molecule has 0 bridgehead atoms. The van der Waals surface area contributed by atoms with Gasteiger partial charge in [-0.1, -0.05) is 60.7 Å². The summed E-state index contributed by atoms with van der Waals surface area (Å²) in [4.78, 5) is 17.4. The predicted molar refractivity (Wildman–Crippen MR) is 141 cm³/mol. The molecule has 0 saturated heterocycles. The molecule has 176 valence electrons. The Hall–Kier alpha value is -3.97. The van der Waals surface area contributed by atoms with Crippen molar-refractivity contribution in [1.82, 2.24) is 4.68 Å². The Bertz CT molecular complexity index is 1380. The highest BCUT2D eigenvalue weighted by Gasteiger charge is 2.18. The minimum Gasteiger partial charge on any atom is -0.482 e. The van der Waals surface area contributed by atoms with Crippen molar-refractivity contribution in [2.75, 3.05) is 11.9 Å². The monoisotopic (exact) mass is 482 g/mol. The molecule has 35 heavy (non-hydrogen) atoms. The van der Waals surface area contributed by atoms with E-state index < -0.39 is 0 Å². The molecular weight excluding hydrogens is 456 g/mol. The first kappa shape index (κ1) is 22.8. The Morgan fingerprint density at radius 1 is 1.00 bits per heavy atom. The van der Waals surface area contributed by atoms with Crippen LogP contribution in [0.3, 0.4) is 0 Å². The number of amides is 1. The van der Waals surface area contributed by atoms with E-state index in [1.54, 1.807) is 11.3 Å². The van der Waals surface area contributed by atoms with Crippen molar-refractivity contribution < 1.29 is 9.53 Å². The third-order valence-electron chi connectivity index (χ3n) is 5.61. The van der Waals surface area contributed by atoms with Crippen LogP contribution in [0, 0.1) is 0 Å². The van der Waals surface area contributed by atoms with Gasteiger partial charge in [-0.2, -0.15) is 5.10 Å². The van der Waals surface area contributed by atoms with Crippen LogP contribution in [0.4, 0.5) is 5.69 Å². The fraction of sp³-hybridized carbons (Fsp3) is 0.179. The predicted octanol–water partition coefficient (Wildman–Crippen LogP) is 5.52. The third kappa shape index (κ3) is 5.10. The number of thiazole rings is 1. The van der Waals surface area contributed by atoms with Crippen LogP contribution in [-0.2, 0) is 4.79 Å². The van der Waals surface area contributed by atoms with E-state index in [0.29, 0.717) is 11.4 Å². The molecule has 0 aliphatic carbocycles. The smallest absolute Gasteiger partial charge is 0.262 e. The first-order valence-corrected chi connectivity index (χ1v) is 12.4. The van der Waals surface area contributed by atoms with Gasteiger partial charge in [0.1, 0.15) is 5.75 Å². The van der Waals surface area contributed by atoms with Gasteiger partial charge in [0.2, 0.25) is 4.80 Å². The van der Waals surface area contributed by atoms with E-state index in [9.17, 15) is 4.79 Å². The Balaban J connectivity index is 1.60. The van der Waals surface area contributed by atoms with Crippen molar-refractivity contribution >= 4 is 29.1 Å². The Morgan fingerprint density at radius 2 is 1.69 bits per heavy atom. The largest absolute Gasteiger partial charge is 0.482 e. The van der Waals surface area contributed by atoms with Crippen molar-refractivity contribution in [3.63, 3.8) is 0 Å². The lowest BCUT2D eigenvalue weighted by molar-refractivity contribution is -0.118. The summed E-state index contributed by atoms with van der Waals surface area (Å²) in [5.41, 5.74) is 4.80. The lowest BCUT2D eigenvalue weighted by Gasteiger charge is -2.18. The van der Waals surface area contributed by atoms with Crippen LogP contribution >= 0.6 is 11.3 Å². The molecule has 0 unspecified atom stereocenters. The maximum Gasteiger partial charge on any atom is 0.262 e. The topological polar surface area (TPSA) is 68.0 Å². The Labute approximate surface area is 208 Å². The number of rotatable bonds is 6.